The van der Waals surface area contributed by atoms with Crippen molar-refractivity contribution < 1.29 is 13.2 Å². The Labute approximate surface area is 146 Å². The molecule has 0 bridgehead atoms. The van der Waals surface area contributed by atoms with Crippen LogP contribution in [0.15, 0.2) is 24.4 Å². The van der Waals surface area contributed by atoms with Crippen LogP contribution < -0.4 is 10.2 Å². The van der Waals surface area contributed by atoms with E-state index >= 15 is 0 Å². The van der Waals surface area contributed by atoms with Crippen LogP contribution in [0.1, 0.15) is 0 Å². The lowest BCUT2D eigenvalue weighted by Gasteiger charge is -2.35. The van der Waals surface area contributed by atoms with E-state index in [1.165, 1.54) is 0 Å². The Morgan fingerprint density at radius 2 is 2.00 bits per heavy atom. The van der Waals surface area contributed by atoms with E-state index in [-0.39, 0.29) is 24.0 Å². The molecule has 0 aliphatic carbocycles. The van der Waals surface area contributed by atoms with E-state index in [0.717, 1.165) is 32.0 Å². The highest BCUT2D eigenvalue weighted by molar-refractivity contribution is 7.91. The molecule has 1 N–H and O–H groups in total. The van der Waals surface area contributed by atoms with E-state index in [1.54, 1.807) is 6.20 Å². The minimum Gasteiger partial charge on any atom is -0.354 e. The number of alkyl halides is 1. The van der Waals surface area contributed by atoms with Crippen molar-refractivity contribution in [2.24, 2.45) is 0 Å². The zero-order valence-corrected chi connectivity index (χ0v) is 14.8. The van der Waals surface area contributed by atoms with Crippen molar-refractivity contribution >= 4 is 33.2 Å². The minimum atomic E-state index is -3.14. The molecule has 0 radical (unpaired) electrons. The number of pyridine rings is 1. The highest BCUT2D eigenvalue weighted by Gasteiger charge is 2.37. The summed E-state index contributed by atoms with van der Waals surface area (Å²) in [6.07, 6.45) is 1.77. The maximum atomic E-state index is 12.1. The molecule has 0 saturated carbocycles. The third-order valence-electron chi connectivity index (χ3n) is 4.34. The summed E-state index contributed by atoms with van der Waals surface area (Å²) >= 11 is 6.02. The molecule has 2 saturated heterocycles. The SMILES string of the molecule is O=C(CN1CCN(c2ccccn2)CC1)N[C@H]1CS(=O)(=O)C[C@@H]1Cl. The summed E-state index contributed by atoms with van der Waals surface area (Å²) in [7, 11) is -3.14. The fraction of sp³-hybridized carbons (Fsp3) is 0.600. The van der Waals surface area contributed by atoms with Gasteiger partial charge in [0.15, 0.2) is 9.84 Å². The molecule has 2 atom stereocenters. The molecule has 1 amide bonds. The smallest absolute Gasteiger partial charge is 0.234 e. The van der Waals surface area contributed by atoms with Gasteiger partial charge in [0, 0.05) is 32.4 Å². The first kappa shape index (κ1) is 17.4. The van der Waals surface area contributed by atoms with E-state index in [9.17, 15) is 13.2 Å². The molecular formula is C15H21ClN4O3S. The van der Waals surface area contributed by atoms with Crippen molar-refractivity contribution in [2.45, 2.75) is 11.4 Å². The normalized spacial score (nSPS) is 27.1. The highest BCUT2D eigenvalue weighted by Crippen LogP contribution is 2.18. The van der Waals surface area contributed by atoms with Crippen molar-refractivity contribution in [3.8, 4) is 0 Å². The predicted octanol–water partition coefficient (Wildman–Crippen LogP) is -0.276. The largest absolute Gasteiger partial charge is 0.354 e. The number of sulfone groups is 1. The molecule has 24 heavy (non-hydrogen) atoms. The number of nitrogens with one attached hydrogen (secondary N) is 1. The number of amides is 1. The van der Waals surface area contributed by atoms with Crippen molar-refractivity contribution in [3.63, 3.8) is 0 Å². The van der Waals surface area contributed by atoms with Gasteiger partial charge in [0.1, 0.15) is 5.82 Å². The lowest BCUT2D eigenvalue weighted by molar-refractivity contribution is -0.122. The van der Waals surface area contributed by atoms with Crippen LogP contribution in [0.3, 0.4) is 0 Å². The van der Waals surface area contributed by atoms with Gasteiger partial charge in [-0.2, -0.15) is 0 Å². The molecule has 9 heteroatoms. The summed E-state index contributed by atoms with van der Waals surface area (Å²) in [6, 6.07) is 5.33. The average molecular weight is 373 g/mol. The second-order valence-corrected chi connectivity index (χ2v) is 8.93. The van der Waals surface area contributed by atoms with Gasteiger partial charge >= 0.3 is 0 Å². The molecule has 0 aromatic carbocycles. The van der Waals surface area contributed by atoms with Gasteiger partial charge in [-0.05, 0) is 12.1 Å². The van der Waals surface area contributed by atoms with Crippen LogP contribution >= 0.6 is 11.6 Å². The molecule has 7 nitrogen and oxygen atoms in total. The molecule has 132 valence electrons. The monoisotopic (exact) mass is 372 g/mol. The van der Waals surface area contributed by atoms with Crippen LogP contribution in [0.4, 0.5) is 5.82 Å². The Hall–Kier alpha value is -1.38. The van der Waals surface area contributed by atoms with Gasteiger partial charge in [0.05, 0.1) is 29.5 Å². The fourth-order valence-electron chi connectivity index (χ4n) is 3.07. The number of piperazine rings is 1. The Kier molecular flexibility index (Phi) is 5.27. The molecule has 0 spiro atoms. The number of carbonyl (C=O) groups excluding carboxylic acids is 1. The van der Waals surface area contributed by atoms with Gasteiger partial charge in [0.2, 0.25) is 5.91 Å². The lowest BCUT2D eigenvalue weighted by atomic mass is 10.2. The first-order chi connectivity index (χ1) is 11.4. The topological polar surface area (TPSA) is 82.6 Å². The third-order valence-corrected chi connectivity index (χ3v) is 6.72. The zero-order chi connectivity index (χ0) is 17.2. The molecule has 1 aromatic heterocycles. The van der Waals surface area contributed by atoms with Crippen LogP contribution in [-0.2, 0) is 14.6 Å². The van der Waals surface area contributed by atoms with Crippen molar-refractivity contribution in [1.29, 1.82) is 0 Å². The first-order valence-corrected chi connectivity index (χ1v) is 10.2. The van der Waals surface area contributed by atoms with E-state index in [1.807, 2.05) is 18.2 Å². The Bertz CT molecular complexity index is 677. The Morgan fingerprint density at radius 3 is 2.58 bits per heavy atom. The maximum absolute atomic E-state index is 12.1. The lowest BCUT2D eigenvalue weighted by Crippen LogP contribution is -2.51. The highest BCUT2D eigenvalue weighted by atomic mass is 35.5. The summed E-state index contributed by atoms with van der Waals surface area (Å²) in [6.45, 7) is 3.39. The van der Waals surface area contributed by atoms with E-state index in [4.69, 9.17) is 11.6 Å². The number of halogens is 1. The summed E-state index contributed by atoms with van der Waals surface area (Å²) < 4.78 is 23.1. The molecule has 1 aromatic rings. The van der Waals surface area contributed by atoms with E-state index in [2.05, 4.69) is 20.1 Å². The summed E-state index contributed by atoms with van der Waals surface area (Å²) in [5, 5.41) is 2.22. The Morgan fingerprint density at radius 1 is 1.25 bits per heavy atom. The van der Waals surface area contributed by atoms with E-state index in [0.29, 0.717) is 0 Å². The molecule has 3 rings (SSSR count). The Balaban J connectivity index is 1.45. The van der Waals surface area contributed by atoms with Gasteiger partial charge in [-0.3, -0.25) is 9.69 Å². The van der Waals surface area contributed by atoms with Crippen LogP contribution in [0.2, 0.25) is 0 Å². The molecule has 2 fully saturated rings. The van der Waals surface area contributed by atoms with Crippen LogP contribution in [0.25, 0.3) is 0 Å². The summed E-state index contributed by atoms with van der Waals surface area (Å²) in [5.41, 5.74) is 0. The number of hydrogen-bond acceptors (Lipinski definition) is 6. The quantitative estimate of drug-likeness (QED) is 0.732. The van der Waals surface area contributed by atoms with Crippen molar-refractivity contribution in [1.82, 2.24) is 15.2 Å². The number of hydrogen-bond donors (Lipinski definition) is 1. The molecule has 0 unspecified atom stereocenters. The predicted molar refractivity (Wildman–Crippen MR) is 93.1 cm³/mol. The van der Waals surface area contributed by atoms with Crippen LogP contribution in [0.5, 0.6) is 0 Å². The molecule has 2 aliphatic rings. The fourth-order valence-corrected chi connectivity index (χ4v) is 5.62. The summed E-state index contributed by atoms with van der Waals surface area (Å²) in [5.74, 6) is 0.639. The third kappa shape index (κ3) is 4.37. The van der Waals surface area contributed by atoms with Crippen LogP contribution in [0, 0.1) is 0 Å². The number of aromatic nitrogens is 1. The molecule has 2 aliphatic heterocycles. The number of nitrogens with zero attached hydrogens (tertiary/aromatic N) is 3. The molecular weight excluding hydrogens is 352 g/mol. The summed E-state index contributed by atoms with van der Waals surface area (Å²) in [4.78, 5) is 20.7. The molecule has 3 heterocycles. The maximum Gasteiger partial charge on any atom is 0.234 e. The van der Waals surface area contributed by atoms with Gasteiger partial charge in [-0.1, -0.05) is 6.07 Å². The first-order valence-electron chi connectivity index (χ1n) is 7.95. The van der Waals surface area contributed by atoms with Crippen molar-refractivity contribution in [3.05, 3.63) is 24.4 Å². The van der Waals surface area contributed by atoms with Gasteiger partial charge in [0.25, 0.3) is 0 Å². The second kappa shape index (κ2) is 7.25. The van der Waals surface area contributed by atoms with Crippen molar-refractivity contribution in [2.75, 3.05) is 49.1 Å². The number of carbonyl (C=O) groups is 1. The van der Waals surface area contributed by atoms with Crippen LogP contribution in [-0.4, -0.2) is 79.9 Å². The van der Waals surface area contributed by atoms with Gasteiger partial charge in [-0.15, -0.1) is 11.6 Å². The zero-order valence-electron chi connectivity index (χ0n) is 13.3. The average Bonchev–Trinajstić information content (AvgIpc) is 2.80. The van der Waals surface area contributed by atoms with Gasteiger partial charge in [-0.25, -0.2) is 13.4 Å². The van der Waals surface area contributed by atoms with Gasteiger partial charge < -0.3 is 10.2 Å². The standard InChI is InChI=1S/C15H21ClN4O3S/c16-12-10-24(22,23)11-13(12)18-15(21)9-19-5-7-20(8-6-19)14-3-1-2-4-17-14/h1-4,12-13H,5-11H2,(H,18,21)/t12-,13-/m0/s1. The van der Waals surface area contributed by atoms with E-state index < -0.39 is 21.3 Å². The second-order valence-electron chi connectivity index (χ2n) is 6.22. The number of rotatable bonds is 4. The number of anilines is 1. The minimum absolute atomic E-state index is 0.0672.